The second kappa shape index (κ2) is 6.63. The Labute approximate surface area is 141 Å². The lowest BCUT2D eigenvalue weighted by Gasteiger charge is -2.01. The number of nitrogens with zero attached hydrogens (tertiary/aromatic N) is 3. The Morgan fingerprint density at radius 3 is 2.79 bits per heavy atom. The summed E-state index contributed by atoms with van der Waals surface area (Å²) in [5, 5.41) is 5.81. The molecule has 0 atom stereocenters. The van der Waals surface area contributed by atoms with E-state index in [1.165, 1.54) is 24.7 Å². The third kappa shape index (κ3) is 3.04. The van der Waals surface area contributed by atoms with E-state index in [0.29, 0.717) is 17.0 Å². The van der Waals surface area contributed by atoms with Crippen LogP contribution in [0.1, 0.15) is 32.1 Å². The zero-order valence-corrected chi connectivity index (χ0v) is 13.8. The van der Waals surface area contributed by atoms with Gasteiger partial charge in [-0.2, -0.15) is 5.10 Å². The SMILES string of the molecule is COC(=O)c1ccc(/C=N/NC(=O)c2c(C)nc3sccn23)cc1. The fourth-order valence-electron chi connectivity index (χ4n) is 2.21. The number of hydrogen-bond acceptors (Lipinski definition) is 6. The van der Waals surface area contributed by atoms with Crippen molar-refractivity contribution in [2.24, 2.45) is 5.10 Å². The fraction of sp³-hybridized carbons (Fsp3) is 0.125. The highest BCUT2D eigenvalue weighted by atomic mass is 32.1. The Morgan fingerprint density at radius 2 is 2.08 bits per heavy atom. The summed E-state index contributed by atoms with van der Waals surface area (Å²) in [4.78, 5) is 28.7. The minimum atomic E-state index is -0.400. The number of fused-ring (bicyclic) bond motifs is 1. The highest BCUT2D eigenvalue weighted by Crippen LogP contribution is 2.16. The first-order valence-corrected chi connectivity index (χ1v) is 7.92. The normalized spacial score (nSPS) is 11.1. The van der Waals surface area contributed by atoms with E-state index in [4.69, 9.17) is 0 Å². The van der Waals surface area contributed by atoms with Crippen LogP contribution in [0.15, 0.2) is 40.9 Å². The first kappa shape index (κ1) is 15.9. The number of benzene rings is 1. The summed E-state index contributed by atoms with van der Waals surface area (Å²) in [5.41, 5.74) is 4.80. The number of imidazole rings is 1. The molecule has 24 heavy (non-hydrogen) atoms. The maximum absolute atomic E-state index is 12.3. The van der Waals surface area contributed by atoms with Crippen LogP contribution in [-0.2, 0) is 4.74 Å². The summed E-state index contributed by atoms with van der Waals surface area (Å²) in [7, 11) is 1.33. The summed E-state index contributed by atoms with van der Waals surface area (Å²) in [6, 6.07) is 6.68. The smallest absolute Gasteiger partial charge is 0.337 e. The zero-order chi connectivity index (χ0) is 17.1. The molecule has 0 saturated heterocycles. The highest BCUT2D eigenvalue weighted by Gasteiger charge is 2.16. The second-order valence-electron chi connectivity index (χ2n) is 4.91. The number of hydrazone groups is 1. The molecular formula is C16H14N4O3S. The second-order valence-corrected chi connectivity index (χ2v) is 5.79. The summed E-state index contributed by atoms with van der Waals surface area (Å²) >= 11 is 1.46. The van der Waals surface area contributed by atoms with Crippen LogP contribution in [-0.4, -0.2) is 34.6 Å². The number of carbonyl (C=O) groups excluding carboxylic acids is 2. The van der Waals surface area contributed by atoms with Crippen molar-refractivity contribution >= 4 is 34.4 Å². The van der Waals surface area contributed by atoms with Crippen molar-refractivity contribution in [2.75, 3.05) is 7.11 Å². The molecule has 0 spiro atoms. The minimum absolute atomic E-state index is 0.333. The van der Waals surface area contributed by atoms with Crippen LogP contribution in [0.5, 0.6) is 0 Å². The van der Waals surface area contributed by atoms with Crippen molar-refractivity contribution in [2.45, 2.75) is 6.92 Å². The summed E-state index contributed by atoms with van der Waals surface area (Å²) in [6.07, 6.45) is 3.30. The molecule has 0 bridgehead atoms. The first-order chi connectivity index (χ1) is 11.6. The molecule has 1 amide bonds. The molecule has 0 fully saturated rings. The summed E-state index contributed by atoms with van der Waals surface area (Å²) < 4.78 is 6.36. The molecular weight excluding hydrogens is 328 g/mol. The van der Waals surface area contributed by atoms with Gasteiger partial charge >= 0.3 is 5.97 Å². The van der Waals surface area contributed by atoms with Gasteiger partial charge in [-0.3, -0.25) is 9.20 Å². The Kier molecular flexibility index (Phi) is 4.39. The Balaban J connectivity index is 1.70. The predicted molar refractivity (Wildman–Crippen MR) is 90.6 cm³/mol. The molecule has 0 aliphatic heterocycles. The van der Waals surface area contributed by atoms with Gasteiger partial charge in [-0.05, 0) is 24.6 Å². The van der Waals surface area contributed by atoms with Crippen molar-refractivity contribution in [1.29, 1.82) is 0 Å². The molecule has 0 radical (unpaired) electrons. The van der Waals surface area contributed by atoms with Crippen molar-refractivity contribution in [3.05, 3.63) is 58.4 Å². The molecule has 7 nitrogen and oxygen atoms in total. The third-order valence-corrected chi connectivity index (χ3v) is 4.12. The average Bonchev–Trinajstić information content (AvgIpc) is 3.14. The van der Waals surface area contributed by atoms with Gasteiger partial charge in [0.2, 0.25) is 0 Å². The van der Waals surface area contributed by atoms with E-state index >= 15 is 0 Å². The number of methoxy groups -OCH3 is 1. The van der Waals surface area contributed by atoms with Gasteiger partial charge in [0, 0.05) is 11.6 Å². The summed E-state index contributed by atoms with van der Waals surface area (Å²) in [5.74, 6) is -0.733. The Hall–Kier alpha value is -3.00. The molecule has 1 N–H and O–H groups in total. The van der Waals surface area contributed by atoms with Crippen molar-refractivity contribution < 1.29 is 14.3 Å². The molecule has 0 unspecified atom stereocenters. The van der Waals surface area contributed by atoms with Gasteiger partial charge in [0.15, 0.2) is 4.96 Å². The van der Waals surface area contributed by atoms with E-state index < -0.39 is 5.97 Å². The maximum Gasteiger partial charge on any atom is 0.337 e. The lowest BCUT2D eigenvalue weighted by atomic mass is 10.1. The molecule has 2 heterocycles. The van der Waals surface area contributed by atoms with Crippen molar-refractivity contribution in [3.63, 3.8) is 0 Å². The van der Waals surface area contributed by atoms with E-state index in [2.05, 4.69) is 20.2 Å². The number of nitrogens with one attached hydrogen (secondary N) is 1. The number of aryl methyl sites for hydroxylation is 1. The highest BCUT2D eigenvalue weighted by molar-refractivity contribution is 7.15. The fourth-order valence-corrected chi connectivity index (χ4v) is 2.97. The van der Waals surface area contributed by atoms with Gasteiger partial charge in [-0.1, -0.05) is 12.1 Å². The molecule has 3 aromatic rings. The van der Waals surface area contributed by atoms with Gasteiger partial charge in [-0.15, -0.1) is 11.3 Å². The Morgan fingerprint density at radius 1 is 1.33 bits per heavy atom. The van der Waals surface area contributed by atoms with E-state index in [1.807, 2.05) is 5.38 Å². The number of carbonyl (C=O) groups is 2. The third-order valence-electron chi connectivity index (χ3n) is 3.36. The maximum atomic E-state index is 12.3. The average molecular weight is 342 g/mol. The van der Waals surface area contributed by atoms with E-state index in [-0.39, 0.29) is 5.91 Å². The molecule has 0 aliphatic rings. The molecule has 122 valence electrons. The number of rotatable bonds is 4. The first-order valence-electron chi connectivity index (χ1n) is 7.04. The minimum Gasteiger partial charge on any atom is -0.465 e. The van der Waals surface area contributed by atoms with E-state index in [1.54, 1.807) is 41.8 Å². The number of hydrogen-bond donors (Lipinski definition) is 1. The molecule has 8 heteroatoms. The molecule has 2 aromatic heterocycles. The monoisotopic (exact) mass is 342 g/mol. The van der Waals surface area contributed by atoms with Gasteiger partial charge in [0.05, 0.1) is 24.6 Å². The topological polar surface area (TPSA) is 85.1 Å². The van der Waals surface area contributed by atoms with Gasteiger partial charge in [-0.25, -0.2) is 15.2 Å². The number of esters is 1. The van der Waals surface area contributed by atoms with Crippen molar-refractivity contribution in [1.82, 2.24) is 14.8 Å². The van der Waals surface area contributed by atoms with E-state index in [9.17, 15) is 9.59 Å². The van der Waals surface area contributed by atoms with Crippen LogP contribution in [0.4, 0.5) is 0 Å². The van der Waals surface area contributed by atoms with E-state index in [0.717, 1.165) is 10.5 Å². The van der Waals surface area contributed by atoms with Crippen LogP contribution in [0.25, 0.3) is 4.96 Å². The van der Waals surface area contributed by atoms with Crippen LogP contribution in [0, 0.1) is 6.92 Å². The predicted octanol–water partition coefficient (Wildman–Crippen LogP) is 2.25. The lowest BCUT2D eigenvalue weighted by molar-refractivity contribution is 0.0600. The standard InChI is InChI=1S/C16H14N4O3S/c1-10-13(20-7-8-24-16(20)18-10)14(21)19-17-9-11-3-5-12(6-4-11)15(22)23-2/h3-9H,1-2H3,(H,19,21)/b17-9+. The molecule has 0 saturated carbocycles. The largest absolute Gasteiger partial charge is 0.465 e. The van der Waals surface area contributed by atoms with Gasteiger partial charge in [0.25, 0.3) is 5.91 Å². The van der Waals surface area contributed by atoms with Crippen LogP contribution >= 0.6 is 11.3 Å². The number of ether oxygens (including phenoxy) is 1. The van der Waals surface area contributed by atoms with Gasteiger partial charge < -0.3 is 4.74 Å². The van der Waals surface area contributed by atoms with Gasteiger partial charge in [0.1, 0.15) is 5.69 Å². The van der Waals surface area contributed by atoms with Crippen LogP contribution in [0.3, 0.4) is 0 Å². The number of amides is 1. The molecule has 0 aliphatic carbocycles. The Bertz CT molecular complexity index is 925. The van der Waals surface area contributed by atoms with Crippen molar-refractivity contribution in [3.8, 4) is 0 Å². The van der Waals surface area contributed by atoms with Crippen LogP contribution in [0.2, 0.25) is 0 Å². The zero-order valence-electron chi connectivity index (χ0n) is 13.0. The molecule has 1 aromatic carbocycles. The quantitative estimate of drug-likeness (QED) is 0.448. The van der Waals surface area contributed by atoms with Crippen LogP contribution < -0.4 is 5.43 Å². The lowest BCUT2D eigenvalue weighted by Crippen LogP contribution is -2.20. The number of aromatic nitrogens is 2. The molecule has 3 rings (SSSR count). The summed E-state index contributed by atoms with van der Waals surface area (Å²) in [6.45, 7) is 1.78. The number of thiazole rings is 1.